The van der Waals surface area contributed by atoms with Crippen molar-refractivity contribution < 1.29 is 31.3 Å². The van der Waals surface area contributed by atoms with Crippen LogP contribution in [0.5, 0.6) is 0 Å². The summed E-state index contributed by atoms with van der Waals surface area (Å²) in [5.41, 5.74) is 0.676. The fourth-order valence-electron chi connectivity index (χ4n) is 2.51. The number of hydrogen-bond acceptors (Lipinski definition) is 7. The Morgan fingerprint density at radius 1 is 0.886 bits per heavy atom. The molecule has 1 aromatic heterocycles. The van der Waals surface area contributed by atoms with E-state index in [0.717, 1.165) is 0 Å². The topological polar surface area (TPSA) is 187 Å². The van der Waals surface area contributed by atoms with E-state index in [1.807, 2.05) is 0 Å². The zero-order valence-electron chi connectivity index (χ0n) is 17.7. The van der Waals surface area contributed by atoms with Gasteiger partial charge in [-0.2, -0.15) is 8.42 Å². The predicted molar refractivity (Wildman–Crippen MR) is 132 cm³/mol. The molecule has 186 valence electrons. The summed E-state index contributed by atoms with van der Waals surface area (Å²) in [6.07, 6.45) is 2.70. The Bertz CT molecular complexity index is 1440. The SMILES string of the molecule is CS(=N)(=O)c1ccc(C(=O)Nc2ccc(Cl)cc2C(=O)Nc2ccc(Cl)cn2)cc1.O=S(=O)(O)O. The largest absolute Gasteiger partial charge is 0.394 e. The normalized spacial score (nSPS) is 12.5. The van der Waals surface area contributed by atoms with Gasteiger partial charge in [0.25, 0.3) is 11.8 Å². The Labute approximate surface area is 211 Å². The molecule has 0 radical (unpaired) electrons. The molecule has 0 aliphatic heterocycles. The van der Waals surface area contributed by atoms with Crippen molar-refractivity contribution in [3.8, 4) is 0 Å². The van der Waals surface area contributed by atoms with Crippen LogP contribution in [-0.4, -0.2) is 44.8 Å². The number of pyridine rings is 1. The van der Waals surface area contributed by atoms with Gasteiger partial charge in [-0.25, -0.2) is 14.0 Å². The number of rotatable bonds is 5. The van der Waals surface area contributed by atoms with Crippen LogP contribution in [0.4, 0.5) is 11.5 Å². The van der Waals surface area contributed by atoms with Gasteiger partial charge in [-0.1, -0.05) is 23.2 Å². The number of halogens is 2. The van der Waals surface area contributed by atoms with E-state index in [1.165, 1.54) is 48.9 Å². The maximum absolute atomic E-state index is 12.7. The quantitative estimate of drug-likeness (QED) is 0.286. The molecule has 0 fully saturated rings. The van der Waals surface area contributed by atoms with E-state index >= 15 is 0 Å². The summed E-state index contributed by atoms with van der Waals surface area (Å²) in [5, 5.41) is 6.04. The Morgan fingerprint density at radius 2 is 1.46 bits per heavy atom. The Hall–Kier alpha value is -3.07. The van der Waals surface area contributed by atoms with Gasteiger partial charge in [0.15, 0.2) is 0 Å². The highest BCUT2D eigenvalue weighted by Crippen LogP contribution is 2.23. The van der Waals surface area contributed by atoms with Crippen molar-refractivity contribution in [1.29, 1.82) is 4.78 Å². The first-order valence-corrected chi connectivity index (χ1v) is 13.3. The fraction of sp³-hybridized carbons (Fsp3) is 0.0500. The van der Waals surface area contributed by atoms with Gasteiger partial charge in [0.05, 0.1) is 26.0 Å². The maximum Gasteiger partial charge on any atom is 0.394 e. The van der Waals surface area contributed by atoms with Gasteiger partial charge in [0, 0.05) is 27.9 Å². The zero-order valence-corrected chi connectivity index (χ0v) is 20.9. The minimum Gasteiger partial charge on any atom is -0.321 e. The van der Waals surface area contributed by atoms with Gasteiger partial charge in [-0.05, 0) is 54.6 Å². The molecule has 1 unspecified atom stereocenters. The third-order valence-electron chi connectivity index (χ3n) is 4.01. The lowest BCUT2D eigenvalue weighted by Gasteiger charge is -2.12. The van der Waals surface area contributed by atoms with Crippen LogP contribution >= 0.6 is 23.2 Å². The molecule has 3 rings (SSSR count). The number of hydrogen-bond donors (Lipinski definition) is 5. The monoisotopic (exact) mass is 560 g/mol. The molecule has 0 aliphatic rings. The summed E-state index contributed by atoms with van der Waals surface area (Å²) in [7, 11) is -7.54. The van der Waals surface area contributed by atoms with E-state index in [0.29, 0.717) is 14.9 Å². The summed E-state index contributed by atoms with van der Waals surface area (Å²) >= 11 is 11.8. The van der Waals surface area contributed by atoms with Crippen LogP contribution in [0, 0.1) is 4.78 Å². The second kappa shape index (κ2) is 11.6. The first-order chi connectivity index (χ1) is 16.1. The molecule has 2 amide bonds. The number of carbonyl (C=O) groups excluding carboxylic acids is 2. The average Bonchev–Trinajstić information content (AvgIpc) is 2.75. The van der Waals surface area contributed by atoms with E-state index in [-0.39, 0.29) is 22.6 Å². The van der Waals surface area contributed by atoms with Gasteiger partial charge < -0.3 is 10.6 Å². The number of benzene rings is 2. The van der Waals surface area contributed by atoms with Crippen molar-refractivity contribution in [3.63, 3.8) is 0 Å². The molecule has 3 aromatic rings. The van der Waals surface area contributed by atoms with Crippen LogP contribution in [0.3, 0.4) is 0 Å². The molecule has 0 saturated carbocycles. The van der Waals surface area contributed by atoms with E-state index in [9.17, 15) is 13.8 Å². The summed E-state index contributed by atoms with van der Waals surface area (Å²) in [6.45, 7) is 0. The average molecular weight is 561 g/mol. The van der Waals surface area contributed by atoms with Crippen molar-refractivity contribution in [2.75, 3.05) is 16.9 Å². The molecule has 35 heavy (non-hydrogen) atoms. The van der Waals surface area contributed by atoms with Gasteiger partial charge >= 0.3 is 10.4 Å². The standard InChI is InChI=1S/C20H16Cl2N4O3S.H2O4S/c1-30(23,29)15-6-2-12(3-7-15)19(27)25-17-8-4-13(21)10-16(17)20(28)26-18-9-5-14(22)11-24-18;1-5(2,3)4/h2-11,23H,1H3,(H,25,27)(H,24,26,28);(H2,1,2,3,4). The lowest BCUT2D eigenvalue weighted by Crippen LogP contribution is -2.18. The van der Waals surface area contributed by atoms with Gasteiger partial charge in [0.1, 0.15) is 5.82 Å². The van der Waals surface area contributed by atoms with Crippen LogP contribution in [0.25, 0.3) is 0 Å². The number of anilines is 2. The summed E-state index contributed by atoms with van der Waals surface area (Å²) in [6, 6.07) is 13.5. The maximum atomic E-state index is 12.7. The van der Waals surface area contributed by atoms with E-state index in [2.05, 4.69) is 15.6 Å². The predicted octanol–water partition coefficient (Wildman–Crippen LogP) is 4.28. The zero-order chi connectivity index (χ0) is 26.4. The Morgan fingerprint density at radius 3 is 1.97 bits per heavy atom. The molecule has 1 heterocycles. The van der Waals surface area contributed by atoms with Crippen LogP contribution in [0.1, 0.15) is 20.7 Å². The Kier molecular flexibility index (Phi) is 9.31. The number of aromatic nitrogens is 1. The van der Waals surface area contributed by atoms with Crippen molar-refractivity contribution >= 4 is 66.6 Å². The second-order valence-corrected chi connectivity index (χ2v) is 10.7. The van der Waals surface area contributed by atoms with Crippen molar-refractivity contribution in [2.24, 2.45) is 0 Å². The van der Waals surface area contributed by atoms with E-state index in [1.54, 1.807) is 18.2 Å². The third-order valence-corrected chi connectivity index (χ3v) is 5.64. The lowest BCUT2D eigenvalue weighted by atomic mass is 10.1. The van der Waals surface area contributed by atoms with Crippen LogP contribution in [0.15, 0.2) is 65.7 Å². The van der Waals surface area contributed by atoms with Crippen molar-refractivity contribution in [2.45, 2.75) is 4.90 Å². The van der Waals surface area contributed by atoms with E-state index in [4.69, 9.17) is 45.5 Å². The molecule has 0 spiro atoms. The first kappa shape index (κ1) is 28.2. The molecule has 15 heteroatoms. The highest BCUT2D eigenvalue weighted by molar-refractivity contribution is 7.91. The highest BCUT2D eigenvalue weighted by atomic mass is 35.5. The fourth-order valence-corrected chi connectivity index (χ4v) is 3.45. The summed E-state index contributed by atoms with van der Waals surface area (Å²) in [5.74, 6) is -0.705. The number of carbonyl (C=O) groups is 2. The molecule has 2 aromatic carbocycles. The van der Waals surface area contributed by atoms with Crippen molar-refractivity contribution in [1.82, 2.24) is 4.98 Å². The number of nitrogens with one attached hydrogen (secondary N) is 3. The van der Waals surface area contributed by atoms with E-state index < -0.39 is 31.9 Å². The summed E-state index contributed by atoms with van der Waals surface area (Å²) < 4.78 is 50.9. The molecule has 0 aliphatic carbocycles. The molecular weight excluding hydrogens is 543 g/mol. The highest BCUT2D eigenvalue weighted by Gasteiger charge is 2.16. The van der Waals surface area contributed by atoms with Crippen LogP contribution < -0.4 is 10.6 Å². The minimum absolute atomic E-state index is 0.145. The second-order valence-electron chi connectivity index (χ2n) is 6.78. The van der Waals surface area contributed by atoms with Crippen molar-refractivity contribution in [3.05, 3.63) is 82.0 Å². The Balaban J connectivity index is 0.000000784. The molecule has 11 nitrogen and oxygen atoms in total. The minimum atomic E-state index is -4.67. The molecular formula is C20H18Cl2N4O7S2. The molecule has 0 saturated heterocycles. The third kappa shape index (κ3) is 9.60. The number of nitrogens with zero attached hydrogens (tertiary/aromatic N) is 1. The molecule has 0 bridgehead atoms. The van der Waals surface area contributed by atoms with Gasteiger partial charge in [0.2, 0.25) is 0 Å². The van der Waals surface area contributed by atoms with Crippen LogP contribution in [-0.2, 0) is 20.1 Å². The first-order valence-electron chi connectivity index (χ1n) is 9.21. The lowest BCUT2D eigenvalue weighted by molar-refractivity contribution is 0.102. The van der Waals surface area contributed by atoms with Gasteiger partial charge in [-0.3, -0.25) is 18.7 Å². The van der Waals surface area contributed by atoms with Crippen LogP contribution in [0.2, 0.25) is 10.0 Å². The molecule has 5 N–H and O–H groups in total. The summed E-state index contributed by atoms with van der Waals surface area (Å²) in [4.78, 5) is 29.6. The number of amides is 2. The molecule has 1 atom stereocenters. The van der Waals surface area contributed by atoms with Gasteiger partial charge in [-0.15, -0.1) is 0 Å². The smallest absolute Gasteiger partial charge is 0.321 e.